The van der Waals surface area contributed by atoms with E-state index in [2.05, 4.69) is 26.1 Å². The molecule has 0 atom stereocenters. The summed E-state index contributed by atoms with van der Waals surface area (Å²) in [5.41, 5.74) is 4.09. The van der Waals surface area contributed by atoms with Crippen molar-refractivity contribution in [1.29, 1.82) is 0 Å². The van der Waals surface area contributed by atoms with Crippen LogP contribution in [0.4, 0.5) is 5.69 Å². The van der Waals surface area contributed by atoms with Crippen molar-refractivity contribution in [3.63, 3.8) is 0 Å². The third-order valence-corrected chi connectivity index (χ3v) is 7.85. The molecule has 1 saturated heterocycles. The fourth-order valence-electron chi connectivity index (χ4n) is 3.68. The van der Waals surface area contributed by atoms with Gasteiger partial charge in [0.1, 0.15) is 0 Å². The quantitative estimate of drug-likeness (QED) is 0.771. The summed E-state index contributed by atoms with van der Waals surface area (Å²) >= 11 is 0. The summed E-state index contributed by atoms with van der Waals surface area (Å²) in [7, 11) is -3.53. The summed E-state index contributed by atoms with van der Waals surface area (Å²) < 4.78 is 27.4. The number of anilines is 1. The summed E-state index contributed by atoms with van der Waals surface area (Å²) in [6.07, 6.45) is 1.05. The molecule has 6 heteroatoms. The molecular weight excluding hydrogens is 396 g/mol. The van der Waals surface area contributed by atoms with Crippen LogP contribution in [0.1, 0.15) is 50.3 Å². The van der Waals surface area contributed by atoms with Crippen molar-refractivity contribution < 1.29 is 13.2 Å². The predicted octanol–water partition coefficient (Wildman–Crippen LogP) is 4.64. The normalized spacial score (nSPS) is 16.4. The monoisotopic (exact) mass is 428 g/mol. The second-order valence-electron chi connectivity index (χ2n) is 9.24. The second-order valence-corrected chi connectivity index (χ2v) is 11.2. The van der Waals surface area contributed by atoms with Crippen LogP contribution in [0, 0.1) is 19.8 Å². The molecule has 2 aromatic rings. The van der Waals surface area contributed by atoms with Crippen LogP contribution in [0.5, 0.6) is 0 Å². The van der Waals surface area contributed by atoms with Gasteiger partial charge in [0.15, 0.2) is 0 Å². The van der Waals surface area contributed by atoms with E-state index < -0.39 is 10.0 Å². The van der Waals surface area contributed by atoms with Gasteiger partial charge in [-0.3, -0.25) is 4.79 Å². The van der Waals surface area contributed by atoms with Crippen molar-refractivity contribution in [2.24, 2.45) is 5.92 Å². The molecule has 0 aromatic heterocycles. The van der Waals surface area contributed by atoms with Gasteiger partial charge in [-0.2, -0.15) is 4.31 Å². The fraction of sp³-hybridized carbons (Fsp3) is 0.458. The minimum atomic E-state index is -3.53. The number of rotatable bonds is 4. The minimum Gasteiger partial charge on any atom is -0.326 e. The third-order valence-electron chi connectivity index (χ3n) is 5.96. The highest BCUT2D eigenvalue weighted by Crippen LogP contribution is 2.27. The number of carbonyl (C=O) groups is 1. The van der Waals surface area contributed by atoms with E-state index in [4.69, 9.17) is 0 Å². The lowest BCUT2D eigenvalue weighted by Crippen LogP contribution is -2.41. The molecule has 1 aliphatic rings. The molecular formula is C24H32N2O3S. The Morgan fingerprint density at radius 1 is 0.967 bits per heavy atom. The van der Waals surface area contributed by atoms with Gasteiger partial charge < -0.3 is 5.32 Å². The molecule has 1 amide bonds. The van der Waals surface area contributed by atoms with E-state index in [0.29, 0.717) is 30.8 Å². The Morgan fingerprint density at radius 2 is 1.57 bits per heavy atom. The van der Waals surface area contributed by atoms with Crippen LogP contribution in [-0.4, -0.2) is 31.7 Å². The number of sulfonamides is 1. The van der Waals surface area contributed by atoms with E-state index >= 15 is 0 Å². The van der Waals surface area contributed by atoms with Crippen LogP contribution in [-0.2, 0) is 20.2 Å². The van der Waals surface area contributed by atoms with Crippen molar-refractivity contribution in [3.05, 3.63) is 59.2 Å². The Morgan fingerprint density at radius 3 is 2.10 bits per heavy atom. The summed E-state index contributed by atoms with van der Waals surface area (Å²) in [6.45, 7) is 11.1. The van der Waals surface area contributed by atoms with Gasteiger partial charge in [0.2, 0.25) is 15.9 Å². The van der Waals surface area contributed by atoms with Crippen LogP contribution >= 0.6 is 0 Å². The van der Waals surface area contributed by atoms with Gasteiger partial charge in [-0.15, -0.1) is 0 Å². The first-order valence-corrected chi connectivity index (χ1v) is 11.9. The van der Waals surface area contributed by atoms with Gasteiger partial charge in [0, 0.05) is 24.7 Å². The van der Waals surface area contributed by atoms with Gasteiger partial charge in [-0.25, -0.2) is 8.42 Å². The number of hydrogen-bond donors (Lipinski definition) is 1. The molecule has 1 fully saturated rings. The number of amides is 1. The lowest BCUT2D eigenvalue weighted by molar-refractivity contribution is -0.120. The molecule has 162 valence electrons. The Labute approximate surface area is 180 Å². The highest BCUT2D eigenvalue weighted by Gasteiger charge is 2.32. The number of piperidine rings is 1. The van der Waals surface area contributed by atoms with Crippen LogP contribution in [0.3, 0.4) is 0 Å². The summed E-state index contributed by atoms with van der Waals surface area (Å²) in [6, 6.07) is 13.2. The first-order valence-electron chi connectivity index (χ1n) is 10.5. The van der Waals surface area contributed by atoms with E-state index in [1.165, 1.54) is 9.87 Å². The van der Waals surface area contributed by atoms with E-state index in [9.17, 15) is 13.2 Å². The molecule has 2 aromatic carbocycles. The fourth-order valence-corrected chi connectivity index (χ4v) is 5.24. The van der Waals surface area contributed by atoms with Gasteiger partial charge in [-0.05, 0) is 73.1 Å². The predicted molar refractivity (Wildman–Crippen MR) is 121 cm³/mol. The topological polar surface area (TPSA) is 66.5 Å². The average molecular weight is 429 g/mol. The summed E-state index contributed by atoms with van der Waals surface area (Å²) in [4.78, 5) is 13.0. The highest BCUT2D eigenvalue weighted by atomic mass is 32.2. The van der Waals surface area contributed by atoms with Gasteiger partial charge >= 0.3 is 0 Å². The van der Waals surface area contributed by atoms with E-state index in [0.717, 1.165) is 16.8 Å². The zero-order chi connectivity index (χ0) is 22.1. The van der Waals surface area contributed by atoms with E-state index in [1.54, 1.807) is 12.1 Å². The first-order chi connectivity index (χ1) is 14.0. The Balaban J connectivity index is 1.60. The van der Waals surface area contributed by atoms with Gasteiger partial charge in [-0.1, -0.05) is 39.0 Å². The lowest BCUT2D eigenvalue weighted by atomic mass is 9.87. The van der Waals surface area contributed by atoms with Crippen LogP contribution in [0.15, 0.2) is 47.4 Å². The molecule has 1 aliphatic heterocycles. The SMILES string of the molecule is Cc1ccc(S(=O)(=O)N2CCC(C(=O)Nc3ccc(C(C)(C)C)cc3)CC2)cc1C. The molecule has 1 N–H and O–H groups in total. The summed E-state index contributed by atoms with van der Waals surface area (Å²) in [5, 5.41) is 2.98. The molecule has 30 heavy (non-hydrogen) atoms. The minimum absolute atomic E-state index is 0.0401. The Hall–Kier alpha value is -2.18. The molecule has 0 aliphatic carbocycles. The van der Waals surface area contributed by atoms with Gasteiger partial charge in [0.25, 0.3) is 0 Å². The number of nitrogens with zero attached hydrogens (tertiary/aromatic N) is 1. The smallest absolute Gasteiger partial charge is 0.243 e. The lowest BCUT2D eigenvalue weighted by Gasteiger charge is -2.30. The Bertz CT molecular complexity index is 1010. The standard InChI is InChI=1S/C24H32N2O3S/c1-17-6-11-22(16-18(17)2)30(28,29)26-14-12-19(13-15-26)23(27)25-21-9-7-20(8-10-21)24(3,4)5/h6-11,16,19H,12-15H2,1-5H3,(H,25,27). The molecule has 0 radical (unpaired) electrons. The summed E-state index contributed by atoms with van der Waals surface area (Å²) in [5.74, 6) is -0.222. The number of hydrogen-bond acceptors (Lipinski definition) is 3. The maximum absolute atomic E-state index is 13.0. The molecule has 0 unspecified atom stereocenters. The maximum Gasteiger partial charge on any atom is 0.243 e. The average Bonchev–Trinajstić information content (AvgIpc) is 2.69. The van der Waals surface area contributed by atoms with E-state index in [-0.39, 0.29) is 17.2 Å². The van der Waals surface area contributed by atoms with Crippen molar-refractivity contribution >= 4 is 21.6 Å². The largest absolute Gasteiger partial charge is 0.326 e. The number of benzene rings is 2. The maximum atomic E-state index is 13.0. The number of carbonyl (C=O) groups excluding carboxylic acids is 1. The molecule has 0 bridgehead atoms. The Kier molecular flexibility index (Phi) is 6.39. The third kappa shape index (κ3) is 4.93. The van der Waals surface area contributed by atoms with Crippen molar-refractivity contribution in [2.45, 2.75) is 57.8 Å². The first kappa shape index (κ1) is 22.5. The molecule has 5 nitrogen and oxygen atoms in total. The van der Waals surface area contributed by atoms with Gasteiger partial charge in [0.05, 0.1) is 4.90 Å². The second kappa shape index (κ2) is 8.52. The van der Waals surface area contributed by atoms with Crippen LogP contribution in [0.25, 0.3) is 0 Å². The van der Waals surface area contributed by atoms with Crippen molar-refractivity contribution in [1.82, 2.24) is 4.31 Å². The zero-order valence-electron chi connectivity index (χ0n) is 18.5. The van der Waals surface area contributed by atoms with Crippen molar-refractivity contribution in [3.8, 4) is 0 Å². The number of aryl methyl sites for hydroxylation is 2. The van der Waals surface area contributed by atoms with Crippen LogP contribution in [0.2, 0.25) is 0 Å². The van der Waals surface area contributed by atoms with E-state index in [1.807, 2.05) is 44.2 Å². The van der Waals surface area contributed by atoms with Crippen molar-refractivity contribution in [2.75, 3.05) is 18.4 Å². The molecule has 3 rings (SSSR count). The molecule has 0 spiro atoms. The van der Waals surface area contributed by atoms with Crippen LogP contribution < -0.4 is 5.32 Å². The highest BCUT2D eigenvalue weighted by molar-refractivity contribution is 7.89. The number of nitrogens with one attached hydrogen (secondary N) is 1. The molecule has 0 saturated carbocycles. The molecule has 1 heterocycles. The zero-order valence-corrected chi connectivity index (χ0v) is 19.3.